The largest absolute Gasteiger partial charge is 0.495 e. The van der Waals surface area contributed by atoms with E-state index in [1.165, 1.54) is 11.8 Å². The lowest BCUT2D eigenvalue weighted by Crippen LogP contribution is -2.26. The summed E-state index contributed by atoms with van der Waals surface area (Å²) in [5.74, 6) is 0.576. The fourth-order valence-electron chi connectivity index (χ4n) is 1.60. The molecule has 0 unspecified atom stereocenters. The molecule has 0 amide bonds. The number of aliphatic carboxylic acids is 1. The minimum atomic E-state index is -0.779. The molecule has 0 saturated carbocycles. The minimum absolute atomic E-state index is 0.515. The van der Waals surface area contributed by atoms with Crippen molar-refractivity contribution in [2.24, 2.45) is 5.41 Å². The molecule has 0 heterocycles. The number of aryl methyl sites for hydroxylation is 2. The van der Waals surface area contributed by atoms with E-state index in [1.807, 2.05) is 19.9 Å². The van der Waals surface area contributed by atoms with E-state index in [1.54, 1.807) is 21.0 Å². The van der Waals surface area contributed by atoms with Gasteiger partial charge in [-0.05, 0) is 44.9 Å². The predicted molar refractivity (Wildman–Crippen MR) is 74.6 cm³/mol. The third kappa shape index (κ3) is 3.42. The number of carboxylic acid groups (broad SMARTS) is 1. The van der Waals surface area contributed by atoms with E-state index in [9.17, 15) is 4.79 Å². The van der Waals surface area contributed by atoms with Crippen LogP contribution in [-0.4, -0.2) is 23.9 Å². The quantitative estimate of drug-likeness (QED) is 0.830. The van der Waals surface area contributed by atoms with Crippen LogP contribution in [0.5, 0.6) is 5.75 Å². The molecule has 0 radical (unpaired) electrons. The third-order valence-electron chi connectivity index (χ3n) is 2.76. The number of benzene rings is 1. The maximum atomic E-state index is 11.1. The van der Waals surface area contributed by atoms with Crippen LogP contribution in [0.15, 0.2) is 17.0 Å². The van der Waals surface area contributed by atoms with Crippen molar-refractivity contribution in [3.63, 3.8) is 0 Å². The Morgan fingerprint density at radius 1 is 1.39 bits per heavy atom. The van der Waals surface area contributed by atoms with Gasteiger partial charge in [0.1, 0.15) is 5.75 Å². The van der Waals surface area contributed by atoms with E-state index >= 15 is 0 Å². The molecule has 1 N–H and O–H groups in total. The second-order valence-electron chi connectivity index (χ2n) is 5.09. The molecule has 0 fully saturated rings. The van der Waals surface area contributed by atoms with E-state index in [4.69, 9.17) is 9.84 Å². The highest BCUT2D eigenvalue weighted by atomic mass is 32.2. The molecule has 18 heavy (non-hydrogen) atoms. The molecular weight excluding hydrogens is 248 g/mol. The fraction of sp³-hybridized carbons (Fsp3) is 0.500. The molecule has 4 heteroatoms. The summed E-state index contributed by atoms with van der Waals surface area (Å²) in [7, 11) is 1.64. The molecule has 0 aliphatic rings. The van der Waals surface area contributed by atoms with Gasteiger partial charge in [-0.1, -0.05) is 6.07 Å². The van der Waals surface area contributed by atoms with Crippen LogP contribution in [0.3, 0.4) is 0 Å². The van der Waals surface area contributed by atoms with Crippen molar-refractivity contribution in [3.8, 4) is 5.75 Å². The molecule has 0 atom stereocenters. The summed E-state index contributed by atoms with van der Waals surface area (Å²) in [6.45, 7) is 7.49. The van der Waals surface area contributed by atoms with Crippen LogP contribution in [0.1, 0.15) is 25.0 Å². The van der Waals surface area contributed by atoms with Crippen molar-refractivity contribution in [1.82, 2.24) is 0 Å². The number of carbonyl (C=O) groups is 1. The molecule has 0 saturated heterocycles. The second kappa shape index (κ2) is 5.65. The Kier molecular flexibility index (Phi) is 4.68. The highest BCUT2D eigenvalue weighted by Crippen LogP contribution is 2.36. The minimum Gasteiger partial charge on any atom is -0.495 e. The number of hydrogen-bond acceptors (Lipinski definition) is 3. The first-order valence-corrected chi connectivity index (χ1v) is 6.78. The van der Waals surface area contributed by atoms with Gasteiger partial charge < -0.3 is 9.84 Å². The first-order chi connectivity index (χ1) is 8.27. The number of ether oxygens (including phenoxy) is 1. The summed E-state index contributed by atoms with van der Waals surface area (Å²) in [5.41, 5.74) is 1.49. The molecule has 0 aliphatic heterocycles. The molecule has 100 valence electrons. The number of methoxy groups -OCH3 is 1. The first kappa shape index (κ1) is 14.9. The van der Waals surface area contributed by atoms with Crippen LogP contribution in [-0.2, 0) is 4.79 Å². The van der Waals surface area contributed by atoms with Crippen LogP contribution in [0.2, 0.25) is 0 Å². The van der Waals surface area contributed by atoms with Crippen LogP contribution >= 0.6 is 11.8 Å². The van der Waals surface area contributed by atoms with Crippen molar-refractivity contribution in [3.05, 3.63) is 23.3 Å². The third-order valence-corrected chi connectivity index (χ3v) is 4.24. The van der Waals surface area contributed by atoms with Gasteiger partial charge in [0.2, 0.25) is 0 Å². The Morgan fingerprint density at radius 2 is 2.00 bits per heavy atom. The molecule has 0 spiro atoms. The van der Waals surface area contributed by atoms with E-state index in [0.717, 1.165) is 21.8 Å². The topological polar surface area (TPSA) is 46.5 Å². The van der Waals surface area contributed by atoms with Gasteiger partial charge in [-0.2, -0.15) is 0 Å². The predicted octanol–water partition coefficient (Wildman–Crippen LogP) is 3.51. The fourth-order valence-corrected chi connectivity index (χ4v) is 2.89. The van der Waals surface area contributed by atoms with Crippen LogP contribution in [0, 0.1) is 19.3 Å². The molecule has 1 aromatic carbocycles. The lowest BCUT2D eigenvalue weighted by molar-refractivity contribution is -0.145. The normalized spacial score (nSPS) is 11.4. The van der Waals surface area contributed by atoms with Crippen molar-refractivity contribution < 1.29 is 14.6 Å². The highest BCUT2D eigenvalue weighted by molar-refractivity contribution is 7.99. The molecule has 1 aromatic rings. The summed E-state index contributed by atoms with van der Waals surface area (Å²) in [4.78, 5) is 12.1. The van der Waals surface area contributed by atoms with Crippen molar-refractivity contribution in [2.45, 2.75) is 32.6 Å². The summed E-state index contributed by atoms with van der Waals surface area (Å²) in [6.07, 6.45) is 0. The second-order valence-corrected chi connectivity index (χ2v) is 6.11. The first-order valence-electron chi connectivity index (χ1n) is 5.79. The number of rotatable bonds is 5. The van der Waals surface area contributed by atoms with Gasteiger partial charge in [0, 0.05) is 10.6 Å². The highest BCUT2D eigenvalue weighted by Gasteiger charge is 2.27. The van der Waals surface area contributed by atoms with Gasteiger partial charge >= 0.3 is 5.97 Å². The molecule has 3 nitrogen and oxygen atoms in total. The maximum Gasteiger partial charge on any atom is 0.309 e. The smallest absolute Gasteiger partial charge is 0.309 e. The van der Waals surface area contributed by atoms with Crippen molar-refractivity contribution in [2.75, 3.05) is 12.9 Å². The lowest BCUT2D eigenvalue weighted by Gasteiger charge is -2.20. The molecular formula is C14H20O3S. The number of carboxylic acids is 1. The van der Waals surface area contributed by atoms with E-state index in [0.29, 0.717) is 5.75 Å². The standard InChI is InChI=1S/C14H20O3S/c1-9-6-10(2)12(17-5)11(7-9)18-8-14(3,4)13(15)16/h6-7H,8H2,1-5H3,(H,15,16). The zero-order valence-corrected chi connectivity index (χ0v) is 12.4. The van der Waals surface area contributed by atoms with Crippen LogP contribution in [0.25, 0.3) is 0 Å². The van der Waals surface area contributed by atoms with Crippen LogP contribution in [0.4, 0.5) is 0 Å². The van der Waals surface area contributed by atoms with Crippen molar-refractivity contribution in [1.29, 1.82) is 0 Å². The zero-order valence-electron chi connectivity index (χ0n) is 11.5. The van der Waals surface area contributed by atoms with Gasteiger partial charge in [-0.3, -0.25) is 4.79 Å². The molecule has 0 aliphatic carbocycles. The molecule has 0 aromatic heterocycles. The summed E-state index contributed by atoms with van der Waals surface area (Å²) in [5, 5.41) is 9.11. The van der Waals surface area contributed by atoms with Gasteiger partial charge in [0.05, 0.1) is 12.5 Å². The van der Waals surface area contributed by atoms with E-state index in [2.05, 4.69) is 6.07 Å². The maximum absolute atomic E-state index is 11.1. The van der Waals surface area contributed by atoms with Crippen molar-refractivity contribution >= 4 is 17.7 Å². The number of thioether (sulfide) groups is 1. The molecule has 1 rings (SSSR count). The summed E-state index contributed by atoms with van der Waals surface area (Å²) in [6, 6.07) is 4.10. The van der Waals surface area contributed by atoms with Crippen LogP contribution < -0.4 is 4.74 Å². The summed E-state index contributed by atoms with van der Waals surface area (Å²) >= 11 is 1.53. The molecule has 0 bridgehead atoms. The average molecular weight is 268 g/mol. The Hall–Kier alpha value is -1.16. The Morgan fingerprint density at radius 3 is 2.50 bits per heavy atom. The Bertz CT molecular complexity index is 453. The Labute approximate surface area is 113 Å². The Balaban J connectivity index is 2.94. The monoisotopic (exact) mass is 268 g/mol. The number of hydrogen-bond donors (Lipinski definition) is 1. The van der Waals surface area contributed by atoms with E-state index in [-0.39, 0.29) is 0 Å². The van der Waals surface area contributed by atoms with Gasteiger partial charge in [-0.15, -0.1) is 11.8 Å². The van der Waals surface area contributed by atoms with Gasteiger partial charge in [0.15, 0.2) is 0 Å². The average Bonchev–Trinajstić information content (AvgIpc) is 2.25. The zero-order chi connectivity index (χ0) is 13.9. The van der Waals surface area contributed by atoms with Gasteiger partial charge in [-0.25, -0.2) is 0 Å². The summed E-state index contributed by atoms with van der Waals surface area (Å²) < 4.78 is 5.39. The lowest BCUT2D eigenvalue weighted by atomic mass is 9.97. The SMILES string of the molecule is COc1c(C)cc(C)cc1SCC(C)(C)C(=O)O. The van der Waals surface area contributed by atoms with Gasteiger partial charge in [0.25, 0.3) is 0 Å². The van der Waals surface area contributed by atoms with E-state index < -0.39 is 11.4 Å².